The first kappa shape index (κ1) is 22.8. The Balaban J connectivity index is 0.00000242. The minimum Gasteiger partial charge on any atom is -0.444 e. The van der Waals surface area contributed by atoms with E-state index in [1.54, 1.807) is 0 Å². The van der Waals surface area contributed by atoms with Gasteiger partial charge in [0, 0.05) is 39.3 Å². The first-order valence-electron chi connectivity index (χ1n) is 8.35. The molecule has 7 heteroatoms. The smallest absolute Gasteiger partial charge is 0.410 e. The lowest BCUT2D eigenvalue weighted by molar-refractivity contribution is 0.0156. The lowest BCUT2D eigenvalue weighted by atomic mass is 9.94. The summed E-state index contributed by atoms with van der Waals surface area (Å²) in [5.74, 6) is 0.626. The summed E-state index contributed by atoms with van der Waals surface area (Å²) in [5.41, 5.74) is -0.398. The molecule has 2 fully saturated rings. The molecular weight excluding hydrogens is 337 g/mol. The highest BCUT2D eigenvalue weighted by atomic mass is 35.5. The van der Waals surface area contributed by atoms with Gasteiger partial charge >= 0.3 is 6.09 Å². The van der Waals surface area contributed by atoms with E-state index in [1.807, 2.05) is 25.7 Å². The third kappa shape index (κ3) is 8.43. The van der Waals surface area contributed by atoms with Crippen molar-refractivity contribution in [3.05, 3.63) is 0 Å². The molecule has 0 saturated carbocycles. The van der Waals surface area contributed by atoms with Crippen molar-refractivity contribution in [1.29, 1.82) is 0 Å². The van der Waals surface area contributed by atoms with Gasteiger partial charge in [-0.3, -0.25) is 0 Å². The van der Waals surface area contributed by atoms with E-state index in [9.17, 15) is 4.79 Å². The largest absolute Gasteiger partial charge is 0.444 e. The van der Waals surface area contributed by atoms with E-state index in [2.05, 4.69) is 10.2 Å². The van der Waals surface area contributed by atoms with Crippen LogP contribution in [0.25, 0.3) is 0 Å². The fourth-order valence-corrected chi connectivity index (χ4v) is 3.09. The van der Waals surface area contributed by atoms with Crippen LogP contribution in [0.5, 0.6) is 0 Å². The van der Waals surface area contributed by atoms with Crippen molar-refractivity contribution in [2.45, 2.75) is 45.6 Å². The molecule has 0 aromatic heterocycles. The van der Waals surface area contributed by atoms with Crippen LogP contribution in [0.1, 0.15) is 40.0 Å². The zero-order chi connectivity index (χ0) is 15.3. The number of rotatable bonds is 3. The van der Waals surface area contributed by atoms with Crippen molar-refractivity contribution in [1.82, 2.24) is 15.1 Å². The molecule has 5 nitrogen and oxygen atoms in total. The molecule has 23 heavy (non-hydrogen) atoms. The third-order valence-electron chi connectivity index (χ3n) is 4.23. The van der Waals surface area contributed by atoms with Crippen LogP contribution in [0.15, 0.2) is 0 Å². The standard InChI is InChI=1S/C16H31N3O2.2ClH/c1-16(2,3)21-15(20)19-9-4-5-14(13-19)6-10-18-11-7-17-8-12-18;;/h14,17H,4-13H2,1-3H3;2*1H. The van der Waals surface area contributed by atoms with Gasteiger partial charge in [0.1, 0.15) is 5.60 Å². The van der Waals surface area contributed by atoms with E-state index < -0.39 is 5.60 Å². The third-order valence-corrected chi connectivity index (χ3v) is 4.23. The topological polar surface area (TPSA) is 44.8 Å². The maximum Gasteiger partial charge on any atom is 0.410 e. The first-order chi connectivity index (χ1) is 9.94. The van der Waals surface area contributed by atoms with E-state index in [-0.39, 0.29) is 30.9 Å². The SMILES string of the molecule is CC(C)(C)OC(=O)N1CCCC(CCN2CCNCC2)C1.Cl.Cl. The van der Waals surface area contributed by atoms with Crippen molar-refractivity contribution in [2.75, 3.05) is 45.8 Å². The van der Waals surface area contributed by atoms with Gasteiger partial charge in [0.2, 0.25) is 0 Å². The summed E-state index contributed by atoms with van der Waals surface area (Å²) in [6, 6.07) is 0. The molecule has 1 unspecified atom stereocenters. The van der Waals surface area contributed by atoms with Gasteiger partial charge in [0.05, 0.1) is 0 Å². The van der Waals surface area contributed by atoms with Gasteiger partial charge in [-0.1, -0.05) is 0 Å². The number of carbonyl (C=O) groups excluding carboxylic acids is 1. The highest BCUT2D eigenvalue weighted by Crippen LogP contribution is 2.22. The molecule has 0 aliphatic carbocycles. The Morgan fingerprint density at radius 2 is 1.83 bits per heavy atom. The summed E-state index contributed by atoms with van der Waals surface area (Å²) in [6.07, 6.45) is 3.39. The van der Waals surface area contributed by atoms with Crippen LogP contribution >= 0.6 is 24.8 Å². The summed E-state index contributed by atoms with van der Waals surface area (Å²) < 4.78 is 5.49. The number of likely N-dealkylation sites (tertiary alicyclic amines) is 1. The summed E-state index contributed by atoms with van der Waals surface area (Å²) in [5, 5.41) is 3.39. The lowest BCUT2D eigenvalue weighted by Crippen LogP contribution is -2.46. The fourth-order valence-electron chi connectivity index (χ4n) is 3.09. The minimum absolute atomic E-state index is 0. The highest BCUT2D eigenvalue weighted by molar-refractivity contribution is 5.85. The van der Waals surface area contributed by atoms with Gasteiger partial charge in [-0.05, 0) is 52.5 Å². The van der Waals surface area contributed by atoms with Gasteiger partial charge in [0.25, 0.3) is 0 Å². The van der Waals surface area contributed by atoms with Crippen molar-refractivity contribution < 1.29 is 9.53 Å². The molecule has 0 radical (unpaired) electrons. The second kappa shape index (κ2) is 10.6. The van der Waals surface area contributed by atoms with E-state index in [4.69, 9.17) is 4.74 Å². The lowest BCUT2D eigenvalue weighted by Gasteiger charge is -2.35. The average Bonchev–Trinajstić information content (AvgIpc) is 2.45. The summed E-state index contributed by atoms with van der Waals surface area (Å²) in [4.78, 5) is 16.6. The quantitative estimate of drug-likeness (QED) is 0.830. The monoisotopic (exact) mass is 369 g/mol. The van der Waals surface area contributed by atoms with Crippen LogP contribution < -0.4 is 5.32 Å². The summed E-state index contributed by atoms with van der Waals surface area (Å²) in [6.45, 7) is 13.2. The Labute approximate surface area is 153 Å². The minimum atomic E-state index is -0.398. The number of nitrogens with zero attached hydrogens (tertiary/aromatic N) is 2. The normalized spacial score (nSPS) is 22.7. The average molecular weight is 370 g/mol. The molecule has 138 valence electrons. The summed E-state index contributed by atoms with van der Waals surface area (Å²) >= 11 is 0. The van der Waals surface area contributed by atoms with Crippen LogP contribution in [0.2, 0.25) is 0 Å². The van der Waals surface area contributed by atoms with Gasteiger partial charge in [-0.2, -0.15) is 0 Å². The van der Waals surface area contributed by atoms with Gasteiger partial charge in [-0.15, -0.1) is 24.8 Å². The molecule has 0 bridgehead atoms. The number of hydrogen-bond acceptors (Lipinski definition) is 4. The predicted molar refractivity (Wildman–Crippen MR) is 99.0 cm³/mol. The number of piperazine rings is 1. The number of amides is 1. The molecule has 1 atom stereocenters. The highest BCUT2D eigenvalue weighted by Gasteiger charge is 2.27. The maximum atomic E-state index is 12.2. The van der Waals surface area contributed by atoms with Gasteiger partial charge in [-0.25, -0.2) is 4.79 Å². The van der Waals surface area contributed by atoms with Crippen molar-refractivity contribution in [2.24, 2.45) is 5.92 Å². The van der Waals surface area contributed by atoms with Gasteiger partial charge in [0.15, 0.2) is 0 Å². The Morgan fingerprint density at radius 3 is 2.43 bits per heavy atom. The second-order valence-electron chi connectivity index (χ2n) is 7.31. The zero-order valence-corrected chi connectivity index (χ0v) is 16.3. The van der Waals surface area contributed by atoms with Gasteiger partial charge < -0.3 is 19.9 Å². The Kier molecular flexibility index (Phi) is 10.5. The number of halogens is 2. The molecule has 0 aromatic rings. The van der Waals surface area contributed by atoms with Crippen molar-refractivity contribution in [3.8, 4) is 0 Å². The molecule has 2 heterocycles. The Hall–Kier alpha value is -0.230. The fraction of sp³-hybridized carbons (Fsp3) is 0.938. The first-order valence-corrected chi connectivity index (χ1v) is 8.35. The molecule has 0 aromatic carbocycles. The van der Waals surface area contributed by atoms with Crippen LogP contribution in [0.3, 0.4) is 0 Å². The van der Waals surface area contributed by atoms with E-state index in [0.717, 1.165) is 52.2 Å². The summed E-state index contributed by atoms with van der Waals surface area (Å²) in [7, 11) is 0. The molecule has 1 N–H and O–H groups in total. The molecule has 2 aliphatic rings. The van der Waals surface area contributed by atoms with Crippen LogP contribution in [0, 0.1) is 5.92 Å². The van der Waals surface area contributed by atoms with E-state index in [0.29, 0.717) is 5.92 Å². The van der Waals surface area contributed by atoms with Crippen LogP contribution in [0.4, 0.5) is 4.79 Å². The van der Waals surface area contributed by atoms with Crippen molar-refractivity contribution in [3.63, 3.8) is 0 Å². The number of hydrogen-bond donors (Lipinski definition) is 1. The second-order valence-corrected chi connectivity index (χ2v) is 7.31. The van der Waals surface area contributed by atoms with E-state index in [1.165, 1.54) is 12.8 Å². The zero-order valence-electron chi connectivity index (χ0n) is 14.7. The maximum absolute atomic E-state index is 12.2. The predicted octanol–water partition coefficient (Wildman–Crippen LogP) is 2.77. The molecule has 0 spiro atoms. The molecule has 1 amide bonds. The number of carbonyl (C=O) groups is 1. The Morgan fingerprint density at radius 1 is 1.17 bits per heavy atom. The molecule has 2 aliphatic heterocycles. The van der Waals surface area contributed by atoms with Crippen LogP contribution in [-0.4, -0.2) is 67.3 Å². The van der Waals surface area contributed by atoms with E-state index >= 15 is 0 Å². The Bertz CT molecular complexity index is 345. The number of piperidine rings is 1. The molecule has 2 rings (SSSR count). The molecular formula is C16H33Cl2N3O2. The van der Waals surface area contributed by atoms with Crippen molar-refractivity contribution >= 4 is 30.9 Å². The molecule has 2 saturated heterocycles. The number of ether oxygens (including phenoxy) is 1. The van der Waals surface area contributed by atoms with Crippen LogP contribution in [-0.2, 0) is 4.74 Å². The number of nitrogens with one attached hydrogen (secondary N) is 1.